The van der Waals surface area contributed by atoms with Crippen molar-refractivity contribution < 1.29 is 19.0 Å². The van der Waals surface area contributed by atoms with Crippen molar-refractivity contribution in [2.75, 3.05) is 27.4 Å². The zero-order valence-electron chi connectivity index (χ0n) is 13.8. The van der Waals surface area contributed by atoms with E-state index in [0.717, 1.165) is 28.2 Å². The molecule has 0 saturated carbocycles. The lowest BCUT2D eigenvalue weighted by molar-refractivity contribution is 0.0901. The first-order chi connectivity index (χ1) is 11.7. The summed E-state index contributed by atoms with van der Waals surface area (Å²) in [5, 5.41) is 0. The highest BCUT2D eigenvalue weighted by atomic mass is 16.5. The Balaban J connectivity index is 1.79. The first-order valence-corrected chi connectivity index (χ1v) is 8.16. The van der Waals surface area contributed by atoms with Crippen molar-refractivity contribution in [3.63, 3.8) is 0 Å². The molecule has 1 saturated heterocycles. The molecule has 2 aromatic rings. The number of hydrogen-bond donors (Lipinski definition) is 0. The van der Waals surface area contributed by atoms with E-state index in [9.17, 15) is 4.79 Å². The zero-order chi connectivity index (χ0) is 16.7. The fraction of sp³-hybridized carbons (Fsp3) is 0.350. The van der Waals surface area contributed by atoms with Crippen molar-refractivity contribution in [3.8, 4) is 11.5 Å². The van der Waals surface area contributed by atoms with Gasteiger partial charge in [-0.3, -0.25) is 4.79 Å². The molecule has 0 N–H and O–H groups in total. The number of hydrogen-bond acceptors (Lipinski definition) is 4. The van der Waals surface area contributed by atoms with Gasteiger partial charge < -0.3 is 14.2 Å². The van der Waals surface area contributed by atoms with Gasteiger partial charge in [-0.25, -0.2) is 0 Å². The summed E-state index contributed by atoms with van der Waals surface area (Å²) in [6, 6.07) is 13.5. The van der Waals surface area contributed by atoms with Gasteiger partial charge >= 0.3 is 0 Å². The molecule has 0 radical (unpaired) electrons. The zero-order valence-corrected chi connectivity index (χ0v) is 13.8. The molecule has 2 aliphatic rings. The lowest BCUT2D eigenvalue weighted by atomic mass is 9.67. The fourth-order valence-corrected chi connectivity index (χ4v) is 3.99. The number of fused-ring (bicyclic) bond motifs is 3. The van der Waals surface area contributed by atoms with E-state index in [-0.39, 0.29) is 23.5 Å². The molecule has 0 spiro atoms. The van der Waals surface area contributed by atoms with Gasteiger partial charge in [-0.05, 0) is 41.5 Å². The monoisotopic (exact) mass is 324 g/mol. The summed E-state index contributed by atoms with van der Waals surface area (Å²) >= 11 is 0. The number of ether oxygens (including phenoxy) is 3. The van der Waals surface area contributed by atoms with Crippen LogP contribution in [-0.2, 0) is 4.74 Å². The number of carbonyl (C=O) groups is 1. The highest BCUT2D eigenvalue weighted by Gasteiger charge is 2.45. The minimum atomic E-state index is -0.163. The van der Waals surface area contributed by atoms with E-state index in [2.05, 4.69) is 0 Å². The van der Waals surface area contributed by atoms with Crippen LogP contribution in [0.25, 0.3) is 0 Å². The summed E-state index contributed by atoms with van der Waals surface area (Å²) in [5.74, 6) is 2.00. The molecule has 0 bridgehead atoms. The minimum Gasteiger partial charge on any atom is -0.497 e. The quantitative estimate of drug-likeness (QED) is 0.868. The molecule has 0 amide bonds. The summed E-state index contributed by atoms with van der Waals surface area (Å²) in [7, 11) is 3.29. The van der Waals surface area contributed by atoms with Crippen molar-refractivity contribution in [2.45, 2.75) is 11.8 Å². The molecular formula is C20H20O4. The Hall–Kier alpha value is -2.33. The Bertz CT molecular complexity index is 766. The van der Waals surface area contributed by atoms with Crippen molar-refractivity contribution in [1.29, 1.82) is 0 Å². The SMILES string of the molecule is COc1ccc(C2C(=O)c3ccc(OC)cc3C3COCC32)cc1. The smallest absolute Gasteiger partial charge is 0.170 e. The van der Waals surface area contributed by atoms with E-state index < -0.39 is 0 Å². The van der Waals surface area contributed by atoms with Gasteiger partial charge in [-0.1, -0.05) is 12.1 Å². The summed E-state index contributed by atoms with van der Waals surface area (Å²) in [4.78, 5) is 13.2. The van der Waals surface area contributed by atoms with Gasteiger partial charge in [0, 0.05) is 17.4 Å². The normalized spacial score (nSPS) is 25.1. The van der Waals surface area contributed by atoms with Crippen LogP contribution in [0.3, 0.4) is 0 Å². The Morgan fingerprint density at radius 3 is 2.38 bits per heavy atom. The molecule has 1 heterocycles. The average Bonchev–Trinajstić information content (AvgIpc) is 3.11. The molecule has 24 heavy (non-hydrogen) atoms. The molecule has 1 aliphatic carbocycles. The molecule has 4 heteroatoms. The maximum Gasteiger partial charge on any atom is 0.170 e. The van der Waals surface area contributed by atoms with Crippen LogP contribution >= 0.6 is 0 Å². The number of ketones is 1. The maximum absolute atomic E-state index is 13.2. The molecule has 0 aromatic heterocycles. The first kappa shape index (κ1) is 15.2. The highest BCUT2D eigenvalue weighted by molar-refractivity contribution is 6.04. The number of methoxy groups -OCH3 is 2. The standard InChI is InChI=1S/C20H20O4/c1-22-13-5-3-12(4-6-13)19-18-11-24-10-17(18)16-9-14(23-2)7-8-15(16)20(19)21/h3-9,17-19H,10-11H2,1-2H3. The van der Waals surface area contributed by atoms with Crippen LogP contribution in [0.5, 0.6) is 11.5 Å². The minimum absolute atomic E-state index is 0.163. The summed E-state index contributed by atoms with van der Waals surface area (Å²) in [5.41, 5.74) is 2.89. The predicted molar refractivity (Wildman–Crippen MR) is 90.1 cm³/mol. The van der Waals surface area contributed by atoms with Crippen molar-refractivity contribution in [3.05, 3.63) is 59.2 Å². The van der Waals surface area contributed by atoms with Crippen LogP contribution in [0, 0.1) is 5.92 Å². The molecule has 124 valence electrons. The van der Waals surface area contributed by atoms with Gasteiger partial charge in [-0.15, -0.1) is 0 Å². The molecule has 2 aromatic carbocycles. The second kappa shape index (κ2) is 5.95. The van der Waals surface area contributed by atoms with Crippen LogP contribution in [-0.4, -0.2) is 33.2 Å². The average molecular weight is 324 g/mol. The Labute approximate surface area is 141 Å². The maximum atomic E-state index is 13.2. The van der Waals surface area contributed by atoms with Crippen molar-refractivity contribution >= 4 is 5.78 Å². The topological polar surface area (TPSA) is 44.8 Å². The van der Waals surface area contributed by atoms with Crippen LogP contribution in [0.4, 0.5) is 0 Å². The predicted octanol–water partition coefficient (Wildman–Crippen LogP) is 3.41. The van der Waals surface area contributed by atoms with Gasteiger partial charge in [-0.2, -0.15) is 0 Å². The molecule has 1 aliphatic heterocycles. The Morgan fingerprint density at radius 1 is 0.958 bits per heavy atom. The largest absolute Gasteiger partial charge is 0.497 e. The van der Waals surface area contributed by atoms with Gasteiger partial charge in [0.25, 0.3) is 0 Å². The van der Waals surface area contributed by atoms with E-state index in [4.69, 9.17) is 14.2 Å². The van der Waals surface area contributed by atoms with Gasteiger partial charge in [0.1, 0.15) is 11.5 Å². The summed E-state index contributed by atoms with van der Waals surface area (Å²) in [6.45, 7) is 1.27. The third kappa shape index (κ3) is 2.29. The highest BCUT2D eigenvalue weighted by Crippen LogP contribution is 2.48. The number of Topliss-reactive ketones (excluding diaryl/α,β-unsaturated/α-hetero) is 1. The number of rotatable bonds is 3. The van der Waals surface area contributed by atoms with Gasteiger partial charge in [0.05, 0.1) is 33.4 Å². The fourth-order valence-electron chi connectivity index (χ4n) is 3.99. The van der Waals surface area contributed by atoms with Crippen molar-refractivity contribution in [2.24, 2.45) is 5.92 Å². The van der Waals surface area contributed by atoms with Gasteiger partial charge in [0.2, 0.25) is 0 Å². The molecule has 4 rings (SSSR count). The second-order valence-electron chi connectivity index (χ2n) is 6.38. The lowest BCUT2D eigenvalue weighted by Gasteiger charge is -2.33. The van der Waals surface area contributed by atoms with E-state index in [0.29, 0.717) is 13.2 Å². The second-order valence-corrected chi connectivity index (χ2v) is 6.38. The molecule has 3 unspecified atom stereocenters. The molecule has 3 atom stereocenters. The van der Waals surface area contributed by atoms with E-state index >= 15 is 0 Å². The van der Waals surface area contributed by atoms with Crippen LogP contribution in [0.2, 0.25) is 0 Å². The third-order valence-corrected chi connectivity index (χ3v) is 5.23. The number of carbonyl (C=O) groups excluding carboxylic acids is 1. The van der Waals surface area contributed by atoms with E-state index in [1.807, 2.05) is 42.5 Å². The summed E-state index contributed by atoms with van der Waals surface area (Å²) < 4.78 is 16.3. The van der Waals surface area contributed by atoms with Crippen LogP contribution in [0.1, 0.15) is 33.3 Å². The van der Waals surface area contributed by atoms with E-state index in [1.54, 1.807) is 14.2 Å². The molecule has 1 fully saturated rings. The van der Waals surface area contributed by atoms with Crippen molar-refractivity contribution in [1.82, 2.24) is 0 Å². The third-order valence-electron chi connectivity index (χ3n) is 5.23. The van der Waals surface area contributed by atoms with E-state index in [1.165, 1.54) is 0 Å². The lowest BCUT2D eigenvalue weighted by Crippen LogP contribution is -2.32. The van der Waals surface area contributed by atoms with Gasteiger partial charge in [0.15, 0.2) is 5.78 Å². The van der Waals surface area contributed by atoms with Crippen LogP contribution < -0.4 is 9.47 Å². The number of benzene rings is 2. The van der Waals surface area contributed by atoms with Crippen LogP contribution in [0.15, 0.2) is 42.5 Å². The Morgan fingerprint density at radius 2 is 1.67 bits per heavy atom. The Kier molecular flexibility index (Phi) is 3.77. The molecule has 4 nitrogen and oxygen atoms in total. The summed E-state index contributed by atoms with van der Waals surface area (Å²) in [6.07, 6.45) is 0. The first-order valence-electron chi connectivity index (χ1n) is 8.16. The molecular weight excluding hydrogens is 304 g/mol.